The maximum Gasteiger partial charge on any atom is 0.335 e. The second-order valence-electron chi connectivity index (χ2n) is 9.36. The van der Waals surface area contributed by atoms with E-state index < -0.39 is 5.97 Å². The molecule has 0 saturated heterocycles. The quantitative estimate of drug-likeness (QED) is 0.296. The molecular formula is C30H30N6O3. The van der Waals surface area contributed by atoms with Gasteiger partial charge in [-0.25, -0.2) is 9.86 Å². The number of H-pyrrole nitrogens is 1. The number of allylic oxidation sites excluding steroid dienone is 2. The van der Waals surface area contributed by atoms with E-state index in [1.165, 1.54) is 0 Å². The van der Waals surface area contributed by atoms with Crippen LogP contribution in [0.3, 0.4) is 0 Å². The lowest BCUT2D eigenvalue weighted by atomic mass is 9.91. The van der Waals surface area contributed by atoms with E-state index in [0.29, 0.717) is 12.2 Å². The molecule has 39 heavy (non-hydrogen) atoms. The summed E-state index contributed by atoms with van der Waals surface area (Å²) in [5.41, 5.74) is 7.90. The fourth-order valence-electron chi connectivity index (χ4n) is 5.00. The summed E-state index contributed by atoms with van der Waals surface area (Å²) in [5.74, 6) is -0.406. The first-order valence-electron chi connectivity index (χ1n) is 12.9. The number of nitrogens with one attached hydrogen (secondary N) is 1. The molecule has 1 unspecified atom stereocenters. The van der Waals surface area contributed by atoms with Crippen molar-refractivity contribution in [1.82, 2.24) is 25.7 Å². The Labute approximate surface area is 226 Å². The highest BCUT2D eigenvalue weighted by molar-refractivity contribution is 6.14. The summed E-state index contributed by atoms with van der Waals surface area (Å²) in [6, 6.07) is 23.3. The number of aliphatic imine (C=N–C) groups is 1. The van der Waals surface area contributed by atoms with Gasteiger partial charge < -0.3 is 5.11 Å². The van der Waals surface area contributed by atoms with Gasteiger partial charge in [0, 0.05) is 28.8 Å². The lowest BCUT2D eigenvalue weighted by Gasteiger charge is -2.35. The normalized spacial score (nSPS) is 15.4. The Morgan fingerprint density at radius 1 is 1.03 bits per heavy atom. The number of nitrogens with zero attached hydrogens (tertiary/aromatic N) is 5. The third kappa shape index (κ3) is 5.35. The first kappa shape index (κ1) is 26.0. The fraction of sp³-hybridized carbons (Fsp3) is 0.233. The Balaban J connectivity index is 1.54. The Bertz CT molecular complexity index is 1530. The van der Waals surface area contributed by atoms with E-state index in [9.17, 15) is 9.90 Å². The van der Waals surface area contributed by atoms with Crippen LogP contribution in [-0.2, 0) is 11.3 Å². The van der Waals surface area contributed by atoms with Crippen LogP contribution in [0.5, 0.6) is 0 Å². The van der Waals surface area contributed by atoms with E-state index in [0.717, 1.165) is 57.6 Å². The van der Waals surface area contributed by atoms with Crippen molar-refractivity contribution in [3.8, 4) is 22.5 Å². The molecule has 198 valence electrons. The van der Waals surface area contributed by atoms with Crippen molar-refractivity contribution in [2.45, 2.75) is 39.3 Å². The molecule has 2 heterocycles. The van der Waals surface area contributed by atoms with Crippen molar-refractivity contribution >= 4 is 11.7 Å². The molecule has 1 atom stereocenters. The molecule has 0 spiro atoms. The van der Waals surface area contributed by atoms with Crippen molar-refractivity contribution in [1.29, 1.82) is 0 Å². The third-order valence-electron chi connectivity index (χ3n) is 6.88. The Hall–Kier alpha value is -4.63. The van der Waals surface area contributed by atoms with Gasteiger partial charge in [-0.15, -0.1) is 10.2 Å². The first-order chi connectivity index (χ1) is 19.0. The summed E-state index contributed by atoms with van der Waals surface area (Å²) in [6.07, 6.45) is 2.17. The summed E-state index contributed by atoms with van der Waals surface area (Å²) in [6.45, 7) is 4.16. The molecule has 0 radical (unpaired) electrons. The van der Waals surface area contributed by atoms with E-state index in [4.69, 9.17) is 9.83 Å². The van der Waals surface area contributed by atoms with Crippen LogP contribution >= 0.6 is 0 Å². The highest BCUT2D eigenvalue weighted by atomic mass is 16.7. The van der Waals surface area contributed by atoms with E-state index in [2.05, 4.69) is 51.8 Å². The van der Waals surface area contributed by atoms with Gasteiger partial charge in [0.2, 0.25) is 5.82 Å². The minimum absolute atomic E-state index is 0.150. The van der Waals surface area contributed by atoms with Gasteiger partial charge >= 0.3 is 5.97 Å². The number of carboxylic acid groups (broad SMARTS) is 1. The number of carbonyl (C=O) groups is 1. The van der Waals surface area contributed by atoms with E-state index in [1.54, 1.807) is 25.3 Å². The number of aromatic nitrogens is 4. The van der Waals surface area contributed by atoms with Crippen LogP contribution < -0.4 is 0 Å². The lowest BCUT2D eigenvalue weighted by molar-refractivity contribution is -0.133. The molecule has 1 aliphatic rings. The molecule has 0 aliphatic carbocycles. The van der Waals surface area contributed by atoms with Crippen LogP contribution in [0.4, 0.5) is 0 Å². The van der Waals surface area contributed by atoms with Gasteiger partial charge in [0.1, 0.15) is 6.17 Å². The predicted molar refractivity (Wildman–Crippen MR) is 149 cm³/mol. The lowest BCUT2D eigenvalue weighted by Crippen LogP contribution is -2.38. The molecule has 2 N–H and O–H groups in total. The molecule has 3 aromatic carbocycles. The Kier molecular flexibility index (Phi) is 7.60. The standard InChI is InChI=1S/C30H30N6O3/c1-4-8-27-31-28(26(19(2)36(27)39-3)18-20-9-7-10-23(17-20)30(37)38)22-15-13-21(14-16-22)24-11-5-6-12-25(24)29-32-34-35-33-29/h5-7,9-17,27H,4,8,18H2,1-3H3,(H,37,38)(H,32,33,34,35). The van der Waals surface area contributed by atoms with Crippen molar-refractivity contribution in [3.63, 3.8) is 0 Å². The second kappa shape index (κ2) is 11.4. The number of hydrogen-bond acceptors (Lipinski definition) is 7. The molecule has 9 nitrogen and oxygen atoms in total. The fourth-order valence-corrected chi connectivity index (χ4v) is 5.00. The molecule has 0 amide bonds. The first-order valence-corrected chi connectivity index (χ1v) is 12.9. The van der Waals surface area contributed by atoms with Crippen molar-refractivity contribution in [2.24, 2.45) is 4.99 Å². The number of hydrogen-bond donors (Lipinski definition) is 2. The molecule has 4 aromatic rings. The van der Waals surface area contributed by atoms with E-state index in [-0.39, 0.29) is 11.7 Å². The smallest absolute Gasteiger partial charge is 0.335 e. The molecule has 1 aromatic heterocycles. The monoisotopic (exact) mass is 522 g/mol. The minimum atomic E-state index is -0.946. The summed E-state index contributed by atoms with van der Waals surface area (Å²) >= 11 is 0. The molecule has 0 bridgehead atoms. The Morgan fingerprint density at radius 2 is 1.77 bits per heavy atom. The van der Waals surface area contributed by atoms with Gasteiger partial charge in [0.05, 0.1) is 18.4 Å². The second-order valence-corrected chi connectivity index (χ2v) is 9.36. The number of benzene rings is 3. The van der Waals surface area contributed by atoms with Gasteiger partial charge in [0.25, 0.3) is 0 Å². The number of aromatic carboxylic acids is 1. The third-order valence-corrected chi connectivity index (χ3v) is 6.88. The number of aromatic amines is 1. The van der Waals surface area contributed by atoms with Crippen molar-refractivity contribution in [2.75, 3.05) is 7.11 Å². The average Bonchev–Trinajstić information content (AvgIpc) is 3.50. The van der Waals surface area contributed by atoms with Gasteiger partial charge in [-0.1, -0.05) is 74.0 Å². The summed E-state index contributed by atoms with van der Waals surface area (Å²) in [4.78, 5) is 22.5. The average molecular weight is 523 g/mol. The van der Waals surface area contributed by atoms with Crippen molar-refractivity contribution in [3.05, 3.63) is 101 Å². The highest BCUT2D eigenvalue weighted by Crippen LogP contribution is 2.33. The predicted octanol–water partition coefficient (Wildman–Crippen LogP) is 5.54. The SMILES string of the molecule is CCCC1N=C(c2ccc(-c3ccccc3-c3nn[nH]n3)cc2)C(Cc2cccc(C(=O)O)c2)=C(C)N1OC. The van der Waals surface area contributed by atoms with E-state index in [1.807, 2.05) is 42.3 Å². The highest BCUT2D eigenvalue weighted by Gasteiger charge is 2.29. The molecule has 9 heteroatoms. The van der Waals surface area contributed by atoms with Gasteiger partial charge in [0.15, 0.2) is 0 Å². The summed E-state index contributed by atoms with van der Waals surface area (Å²) < 4.78 is 0. The van der Waals surface area contributed by atoms with Gasteiger partial charge in [-0.05, 0) is 47.4 Å². The van der Waals surface area contributed by atoms with Gasteiger partial charge in [-0.2, -0.15) is 5.21 Å². The zero-order valence-corrected chi connectivity index (χ0v) is 22.1. The number of carboxylic acids is 1. The summed E-state index contributed by atoms with van der Waals surface area (Å²) in [5, 5.41) is 25.9. The van der Waals surface area contributed by atoms with Crippen molar-refractivity contribution < 1.29 is 14.7 Å². The zero-order chi connectivity index (χ0) is 27.4. The minimum Gasteiger partial charge on any atom is -0.478 e. The molecule has 1 aliphatic heterocycles. The van der Waals surface area contributed by atoms with Crippen LogP contribution in [0.25, 0.3) is 22.5 Å². The van der Waals surface area contributed by atoms with Crippen LogP contribution in [0.2, 0.25) is 0 Å². The van der Waals surface area contributed by atoms with Crippen LogP contribution in [0.1, 0.15) is 48.2 Å². The molecule has 5 rings (SSSR count). The molecule has 0 saturated carbocycles. The number of hydroxylamine groups is 2. The van der Waals surface area contributed by atoms with E-state index >= 15 is 0 Å². The molecular weight excluding hydrogens is 492 g/mol. The maximum absolute atomic E-state index is 11.6. The zero-order valence-electron chi connectivity index (χ0n) is 22.1. The molecule has 0 fully saturated rings. The summed E-state index contributed by atoms with van der Waals surface area (Å²) in [7, 11) is 1.66. The topological polar surface area (TPSA) is 117 Å². The number of tetrazole rings is 1. The van der Waals surface area contributed by atoms with Crippen LogP contribution in [0.15, 0.2) is 89.1 Å². The Morgan fingerprint density at radius 3 is 2.44 bits per heavy atom. The van der Waals surface area contributed by atoms with Crippen LogP contribution in [0, 0.1) is 0 Å². The largest absolute Gasteiger partial charge is 0.478 e. The van der Waals surface area contributed by atoms with Gasteiger partial charge in [-0.3, -0.25) is 9.83 Å². The maximum atomic E-state index is 11.6. The number of rotatable bonds is 9. The van der Waals surface area contributed by atoms with Crippen LogP contribution in [-0.4, -0.2) is 55.8 Å².